The molecule has 0 saturated carbocycles. The topological polar surface area (TPSA) is 35.2 Å². The van der Waals surface area contributed by atoms with Gasteiger partial charge >= 0.3 is 0 Å². The second kappa shape index (κ2) is 5.19. The van der Waals surface area contributed by atoms with E-state index in [0.717, 1.165) is 0 Å². The van der Waals surface area contributed by atoms with Crippen LogP contribution in [0.3, 0.4) is 0 Å². The van der Waals surface area contributed by atoms with Crippen molar-refractivity contribution in [3.63, 3.8) is 0 Å². The maximum Gasteiger partial charge on any atom is 0.135 e. The van der Waals surface area contributed by atoms with E-state index in [1.807, 2.05) is 0 Å². The van der Waals surface area contributed by atoms with Crippen LogP contribution in [0.15, 0.2) is 12.1 Å². The van der Waals surface area contributed by atoms with Crippen LogP contribution in [0.1, 0.15) is 24.0 Å². The smallest absolute Gasteiger partial charge is 0.135 e. The number of nitrogens with two attached hydrogens (primary N) is 1. The minimum absolute atomic E-state index is 0.0321. The van der Waals surface area contributed by atoms with Gasteiger partial charge in [0.1, 0.15) is 11.6 Å². The third-order valence-electron chi connectivity index (χ3n) is 2.39. The Kier molecular flexibility index (Phi) is 4.17. The molecule has 0 aromatic heterocycles. The molecule has 1 unspecified atom stereocenters. The molecule has 0 radical (unpaired) electrons. The fourth-order valence-corrected chi connectivity index (χ4v) is 1.40. The quantitative estimate of drug-likeness (QED) is 0.835. The van der Waals surface area contributed by atoms with E-state index in [0.29, 0.717) is 12.1 Å². The van der Waals surface area contributed by atoms with Gasteiger partial charge in [0.05, 0.1) is 6.61 Å². The van der Waals surface area contributed by atoms with Crippen LogP contribution in [0.25, 0.3) is 0 Å². The fraction of sp³-hybridized carbons (Fsp3) is 0.455. The number of methoxy groups -OCH3 is 1. The summed E-state index contributed by atoms with van der Waals surface area (Å²) < 4.78 is 31.8. The van der Waals surface area contributed by atoms with E-state index < -0.39 is 11.6 Å². The van der Waals surface area contributed by atoms with Gasteiger partial charge < -0.3 is 10.5 Å². The summed E-state index contributed by atoms with van der Waals surface area (Å²) in [5.41, 5.74) is 5.85. The largest absolute Gasteiger partial charge is 0.380 e. The summed E-state index contributed by atoms with van der Waals surface area (Å²) >= 11 is 0. The summed E-state index contributed by atoms with van der Waals surface area (Å²) in [6.45, 7) is 2.06. The molecule has 84 valence electrons. The number of halogens is 2. The van der Waals surface area contributed by atoms with Crippen molar-refractivity contribution in [2.24, 2.45) is 5.73 Å². The fourth-order valence-electron chi connectivity index (χ4n) is 1.40. The Morgan fingerprint density at radius 3 is 2.60 bits per heavy atom. The summed E-state index contributed by atoms with van der Waals surface area (Å²) in [7, 11) is 1.40. The molecular formula is C11H15F2NO. The number of ether oxygens (including phenoxy) is 1. The Balaban J connectivity index is 3.15. The van der Waals surface area contributed by atoms with E-state index in [4.69, 9.17) is 10.5 Å². The van der Waals surface area contributed by atoms with Crippen LogP contribution in [0.2, 0.25) is 0 Å². The zero-order valence-corrected chi connectivity index (χ0v) is 8.89. The minimum atomic E-state index is -0.581. The molecule has 1 rings (SSSR count). The lowest BCUT2D eigenvalue weighted by Crippen LogP contribution is -2.12. The predicted octanol–water partition coefficient (Wildman–Crippen LogP) is 2.17. The normalized spacial score (nSPS) is 12.9. The first kappa shape index (κ1) is 12.1. The Hall–Kier alpha value is -1.00. The maximum absolute atomic E-state index is 13.8. The van der Waals surface area contributed by atoms with Crippen LogP contribution in [0, 0.1) is 11.6 Å². The molecule has 0 saturated heterocycles. The van der Waals surface area contributed by atoms with Gasteiger partial charge in [-0.25, -0.2) is 8.78 Å². The molecule has 0 fully saturated rings. The minimum Gasteiger partial charge on any atom is -0.380 e. The van der Waals surface area contributed by atoms with Crippen LogP contribution >= 0.6 is 0 Å². The third kappa shape index (κ3) is 2.52. The van der Waals surface area contributed by atoms with E-state index in [9.17, 15) is 8.78 Å². The van der Waals surface area contributed by atoms with Crippen molar-refractivity contribution in [3.8, 4) is 0 Å². The molecule has 2 N–H and O–H groups in total. The summed E-state index contributed by atoms with van der Waals surface area (Å²) in [6, 6.07) is 2.68. The predicted molar refractivity (Wildman–Crippen MR) is 54.5 cm³/mol. The Bertz CT molecular complexity index is 342. The van der Waals surface area contributed by atoms with E-state index >= 15 is 0 Å². The SMILES string of the molecule is COCc1c(F)ccc(C(C)CN)c1F. The summed E-state index contributed by atoms with van der Waals surface area (Å²) in [4.78, 5) is 0. The van der Waals surface area contributed by atoms with Gasteiger partial charge in [0.2, 0.25) is 0 Å². The first-order valence-corrected chi connectivity index (χ1v) is 4.77. The van der Waals surface area contributed by atoms with E-state index in [2.05, 4.69) is 0 Å². The number of hydrogen-bond donors (Lipinski definition) is 1. The molecule has 0 spiro atoms. The van der Waals surface area contributed by atoms with Gasteiger partial charge in [-0.1, -0.05) is 13.0 Å². The molecule has 1 aromatic rings. The summed E-state index contributed by atoms with van der Waals surface area (Å²) in [6.07, 6.45) is 0. The Morgan fingerprint density at radius 2 is 2.07 bits per heavy atom. The van der Waals surface area contributed by atoms with Gasteiger partial charge in [-0.3, -0.25) is 0 Å². The van der Waals surface area contributed by atoms with Crippen molar-refractivity contribution >= 4 is 0 Å². The molecule has 4 heteroatoms. The molecule has 0 aliphatic carbocycles. The summed E-state index contributed by atoms with van der Waals surface area (Å²) in [5.74, 6) is -1.25. The van der Waals surface area contributed by atoms with E-state index in [-0.39, 0.29) is 18.1 Å². The van der Waals surface area contributed by atoms with Crippen LogP contribution in [-0.2, 0) is 11.3 Å². The third-order valence-corrected chi connectivity index (χ3v) is 2.39. The Labute approximate surface area is 88.0 Å². The lowest BCUT2D eigenvalue weighted by molar-refractivity contribution is 0.177. The molecule has 15 heavy (non-hydrogen) atoms. The van der Waals surface area contributed by atoms with Gasteiger partial charge in [-0.2, -0.15) is 0 Å². The van der Waals surface area contributed by atoms with E-state index in [1.165, 1.54) is 19.2 Å². The average molecular weight is 215 g/mol. The van der Waals surface area contributed by atoms with Crippen molar-refractivity contribution in [1.82, 2.24) is 0 Å². The number of hydrogen-bond acceptors (Lipinski definition) is 2. The molecule has 0 heterocycles. The lowest BCUT2D eigenvalue weighted by atomic mass is 9.98. The highest BCUT2D eigenvalue weighted by atomic mass is 19.1. The highest BCUT2D eigenvalue weighted by Gasteiger charge is 2.16. The van der Waals surface area contributed by atoms with Gasteiger partial charge in [0.25, 0.3) is 0 Å². The zero-order chi connectivity index (χ0) is 11.4. The van der Waals surface area contributed by atoms with Gasteiger partial charge in [-0.05, 0) is 24.1 Å². The number of benzene rings is 1. The monoisotopic (exact) mass is 215 g/mol. The second-order valence-electron chi connectivity index (χ2n) is 3.50. The van der Waals surface area contributed by atoms with Gasteiger partial charge in [0.15, 0.2) is 0 Å². The van der Waals surface area contributed by atoms with Crippen molar-refractivity contribution in [1.29, 1.82) is 0 Å². The van der Waals surface area contributed by atoms with Crippen LogP contribution < -0.4 is 5.73 Å². The maximum atomic E-state index is 13.8. The van der Waals surface area contributed by atoms with Crippen LogP contribution in [-0.4, -0.2) is 13.7 Å². The molecule has 1 atom stereocenters. The van der Waals surface area contributed by atoms with Crippen LogP contribution in [0.5, 0.6) is 0 Å². The Morgan fingerprint density at radius 1 is 1.40 bits per heavy atom. The molecule has 1 aromatic carbocycles. The summed E-state index contributed by atoms with van der Waals surface area (Å²) in [5, 5.41) is 0. The van der Waals surface area contributed by atoms with Crippen LogP contribution in [0.4, 0.5) is 8.78 Å². The van der Waals surface area contributed by atoms with Gasteiger partial charge in [0, 0.05) is 12.7 Å². The van der Waals surface area contributed by atoms with Crippen molar-refractivity contribution in [3.05, 3.63) is 34.9 Å². The van der Waals surface area contributed by atoms with Crippen molar-refractivity contribution in [2.45, 2.75) is 19.4 Å². The van der Waals surface area contributed by atoms with Gasteiger partial charge in [-0.15, -0.1) is 0 Å². The standard InChI is InChI=1S/C11H15F2NO/c1-7(5-14)8-3-4-10(12)9(6-15-2)11(8)13/h3-4,7H,5-6,14H2,1-2H3. The zero-order valence-electron chi connectivity index (χ0n) is 8.89. The molecule has 2 nitrogen and oxygen atoms in total. The first-order chi connectivity index (χ1) is 7.11. The molecule has 0 aliphatic heterocycles. The van der Waals surface area contributed by atoms with Crippen molar-refractivity contribution < 1.29 is 13.5 Å². The molecular weight excluding hydrogens is 200 g/mol. The molecule has 0 aliphatic rings. The first-order valence-electron chi connectivity index (χ1n) is 4.77. The van der Waals surface area contributed by atoms with Crippen molar-refractivity contribution in [2.75, 3.05) is 13.7 Å². The number of rotatable bonds is 4. The molecule has 0 bridgehead atoms. The highest BCUT2D eigenvalue weighted by molar-refractivity contribution is 5.29. The second-order valence-corrected chi connectivity index (χ2v) is 3.50. The average Bonchev–Trinajstić information content (AvgIpc) is 2.23. The van der Waals surface area contributed by atoms with E-state index in [1.54, 1.807) is 6.92 Å². The highest BCUT2D eigenvalue weighted by Crippen LogP contribution is 2.23. The lowest BCUT2D eigenvalue weighted by Gasteiger charge is -2.13. The molecule has 0 amide bonds.